The molecule has 1 aliphatic rings. The summed E-state index contributed by atoms with van der Waals surface area (Å²) in [6.07, 6.45) is -0.526. The normalized spacial score (nSPS) is 19.6. The van der Waals surface area contributed by atoms with Crippen molar-refractivity contribution >= 4 is 21.6 Å². The van der Waals surface area contributed by atoms with Gasteiger partial charge in [-0.2, -0.15) is 4.31 Å². The van der Waals surface area contributed by atoms with Gasteiger partial charge in [0.25, 0.3) is 0 Å². The highest BCUT2D eigenvalue weighted by atomic mass is 35.5. The number of nitrogens with zero attached hydrogens (tertiary/aromatic N) is 1. The highest BCUT2D eigenvalue weighted by Crippen LogP contribution is 2.16. The van der Waals surface area contributed by atoms with Crippen molar-refractivity contribution in [2.45, 2.75) is 17.9 Å². The molecule has 1 atom stereocenters. The van der Waals surface area contributed by atoms with Crippen molar-refractivity contribution in [3.8, 4) is 0 Å². The SMILES string of the molecule is Cc1ccc(S(=O)(=O)N2CC[NH+](C[C@H](O)CCl)CC2)cc1. The Morgan fingerprint density at radius 2 is 1.86 bits per heavy atom. The minimum atomic E-state index is -3.40. The van der Waals surface area contributed by atoms with Crippen LogP contribution in [0.3, 0.4) is 0 Å². The van der Waals surface area contributed by atoms with Crippen molar-refractivity contribution in [1.29, 1.82) is 0 Å². The van der Waals surface area contributed by atoms with Crippen LogP contribution in [0.15, 0.2) is 29.2 Å². The van der Waals surface area contributed by atoms with Gasteiger partial charge in [0, 0.05) is 0 Å². The highest BCUT2D eigenvalue weighted by molar-refractivity contribution is 7.89. The number of quaternary nitrogens is 1. The maximum atomic E-state index is 12.5. The monoisotopic (exact) mass is 333 g/mol. The van der Waals surface area contributed by atoms with E-state index in [4.69, 9.17) is 11.6 Å². The first-order valence-electron chi connectivity index (χ1n) is 7.08. The minimum absolute atomic E-state index is 0.217. The summed E-state index contributed by atoms with van der Waals surface area (Å²) in [6, 6.07) is 6.93. The second-order valence-corrected chi connectivity index (χ2v) is 7.73. The summed E-state index contributed by atoms with van der Waals surface area (Å²) in [4.78, 5) is 1.54. The smallest absolute Gasteiger partial charge is 0.243 e. The first kappa shape index (κ1) is 16.7. The van der Waals surface area contributed by atoms with Crippen LogP contribution < -0.4 is 4.90 Å². The third-order valence-corrected chi connectivity index (χ3v) is 6.06. The van der Waals surface area contributed by atoms with Gasteiger partial charge in [0.15, 0.2) is 0 Å². The lowest BCUT2D eigenvalue weighted by Gasteiger charge is -2.32. The molecule has 1 aliphatic heterocycles. The van der Waals surface area contributed by atoms with Gasteiger partial charge in [-0.3, -0.25) is 0 Å². The lowest BCUT2D eigenvalue weighted by molar-refractivity contribution is -0.906. The number of nitrogens with one attached hydrogen (secondary N) is 1. The number of hydrogen-bond donors (Lipinski definition) is 2. The first-order chi connectivity index (χ1) is 9.93. The molecule has 0 saturated carbocycles. The zero-order valence-electron chi connectivity index (χ0n) is 12.1. The molecule has 21 heavy (non-hydrogen) atoms. The number of halogens is 1. The topological polar surface area (TPSA) is 62.0 Å². The van der Waals surface area contributed by atoms with E-state index in [-0.39, 0.29) is 5.88 Å². The summed E-state index contributed by atoms with van der Waals surface area (Å²) in [5, 5.41) is 9.56. The second kappa shape index (κ2) is 7.07. The molecule has 1 aromatic carbocycles. The molecule has 0 aromatic heterocycles. The zero-order chi connectivity index (χ0) is 15.5. The number of sulfonamides is 1. The van der Waals surface area contributed by atoms with E-state index in [1.54, 1.807) is 12.1 Å². The number of aryl methyl sites for hydroxylation is 1. The number of piperazine rings is 1. The number of aliphatic hydroxyl groups is 1. The molecule has 0 aliphatic carbocycles. The third-order valence-electron chi connectivity index (χ3n) is 3.79. The van der Waals surface area contributed by atoms with E-state index in [1.807, 2.05) is 19.1 Å². The van der Waals surface area contributed by atoms with Gasteiger partial charge < -0.3 is 10.0 Å². The molecule has 5 nitrogen and oxygen atoms in total. The fourth-order valence-electron chi connectivity index (χ4n) is 2.49. The number of hydrogen-bond acceptors (Lipinski definition) is 3. The largest absolute Gasteiger partial charge is 0.386 e. The summed E-state index contributed by atoms with van der Waals surface area (Å²) in [7, 11) is -3.40. The molecule has 1 saturated heterocycles. The quantitative estimate of drug-likeness (QED) is 0.713. The molecular weight excluding hydrogens is 312 g/mol. The molecule has 1 aromatic rings. The van der Waals surface area contributed by atoms with Gasteiger partial charge >= 0.3 is 0 Å². The zero-order valence-corrected chi connectivity index (χ0v) is 13.7. The molecule has 0 spiro atoms. The van der Waals surface area contributed by atoms with E-state index >= 15 is 0 Å². The van der Waals surface area contributed by atoms with E-state index in [0.717, 1.165) is 5.56 Å². The van der Waals surface area contributed by atoms with E-state index < -0.39 is 16.1 Å². The van der Waals surface area contributed by atoms with Gasteiger partial charge in [0.1, 0.15) is 12.6 Å². The van der Waals surface area contributed by atoms with Crippen LogP contribution >= 0.6 is 11.6 Å². The molecule has 7 heteroatoms. The minimum Gasteiger partial charge on any atom is -0.386 e. The van der Waals surface area contributed by atoms with Gasteiger partial charge in [-0.25, -0.2) is 8.42 Å². The lowest BCUT2D eigenvalue weighted by Crippen LogP contribution is -3.15. The Balaban J connectivity index is 1.99. The summed E-state index contributed by atoms with van der Waals surface area (Å²) >= 11 is 5.60. The maximum Gasteiger partial charge on any atom is 0.243 e. The summed E-state index contributed by atoms with van der Waals surface area (Å²) < 4.78 is 26.6. The van der Waals surface area contributed by atoms with Crippen molar-refractivity contribution in [2.24, 2.45) is 0 Å². The summed E-state index contributed by atoms with van der Waals surface area (Å²) in [5.74, 6) is 0.217. The van der Waals surface area contributed by atoms with E-state index in [2.05, 4.69) is 0 Å². The molecule has 118 valence electrons. The molecule has 0 radical (unpaired) electrons. The van der Waals surface area contributed by atoms with Crippen LogP contribution in [0.5, 0.6) is 0 Å². The highest BCUT2D eigenvalue weighted by Gasteiger charge is 2.30. The van der Waals surface area contributed by atoms with Crippen LogP contribution in [0.1, 0.15) is 5.56 Å². The second-order valence-electron chi connectivity index (χ2n) is 5.48. The van der Waals surface area contributed by atoms with Crippen LogP contribution in [0.25, 0.3) is 0 Å². The average Bonchev–Trinajstić information content (AvgIpc) is 2.48. The molecule has 0 amide bonds. The van der Waals surface area contributed by atoms with E-state index in [9.17, 15) is 13.5 Å². The van der Waals surface area contributed by atoms with Crippen molar-refractivity contribution < 1.29 is 18.4 Å². The van der Waals surface area contributed by atoms with Gasteiger partial charge in [-0.15, -0.1) is 11.6 Å². The summed E-state index contributed by atoms with van der Waals surface area (Å²) in [5.41, 5.74) is 1.04. The fraction of sp³-hybridized carbons (Fsp3) is 0.571. The van der Waals surface area contributed by atoms with Gasteiger partial charge in [0.05, 0.1) is 37.0 Å². The van der Waals surface area contributed by atoms with Gasteiger partial charge in [-0.05, 0) is 19.1 Å². The van der Waals surface area contributed by atoms with Crippen LogP contribution in [-0.2, 0) is 10.0 Å². The first-order valence-corrected chi connectivity index (χ1v) is 9.05. The van der Waals surface area contributed by atoms with Crippen LogP contribution in [0, 0.1) is 6.92 Å². The van der Waals surface area contributed by atoms with Crippen molar-refractivity contribution in [2.75, 3.05) is 38.6 Å². The molecule has 2 rings (SSSR count). The van der Waals surface area contributed by atoms with E-state index in [0.29, 0.717) is 37.6 Å². The van der Waals surface area contributed by atoms with Crippen LogP contribution in [-0.4, -0.2) is 62.5 Å². The Bertz CT molecular complexity index is 554. The summed E-state index contributed by atoms with van der Waals surface area (Å²) in [6.45, 7) is 4.84. The number of rotatable bonds is 5. The Morgan fingerprint density at radius 1 is 1.29 bits per heavy atom. The predicted octanol–water partition coefficient (Wildman–Crippen LogP) is -0.516. The van der Waals surface area contributed by atoms with Crippen LogP contribution in [0.2, 0.25) is 0 Å². The van der Waals surface area contributed by atoms with E-state index in [1.165, 1.54) is 9.21 Å². The number of aliphatic hydroxyl groups excluding tert-OH is 1. The number of alkyl halides is 1. The maximum absolute atomic E-state index is 12.5. The van der Waals surface area contributed by atoms with Crippen molar-refractivity contribution in [1.82, 2.24) is 4.31 Å². The molecule has 0 bridgehead atoms. The molecule has 1 fully saturated rings. The van der Waals surface area contributed by atoms with Crippen molar-refractivity contribution in [3.63, 3.8) is 0 Å². The average molecular weight is 334 g/mol. The molecule has 2 N–H and O–H groups in total. The molecular formula is C14H22ClN2O3S+. The fourth-order valence-corrected chi connectivity index (χ4v) is 4.04. The Kier molecular flexibility index (Phi) is 5.62. The van der Waals surface area contributed by atoms with Gasteiger partial charge in [-0.1, -0.05) is 17.7 Å². The van der Waals surface area contributed by atoms with Crippen LogP contribution in [0.4, 0.5) is 0 Å². The Morgan fingerprint density at radius 3 is 2.38 bits per heavy atom. The van der Waals surface area contributed by atoms with Gasteiger partial charge in [0.2, 0.25) is 10.0 Å². The third kappa shape index (κ3) is 4.17. The number of benzene rings is 1. The molecule has 1 heterocycles. The standard InChI is InChI=1S/C14H21ClN2O3S/c1-12-2-4-14(5-3-12)21(19,20)17-8-6-16(7-9-17)11-13(18)10-15/h2-5,13,18H,6-11H2,1H3/p+1/t13-/m1/s1. The predicted molar refractivity (Wildman–Crippen MR) is 82.2 cm³/mol. The van der Waals surface area contributed by atoms with Crippen molar-refractivity contribution in [3.05, 3.63) is 29.8 Å². The molecule has 0 unspecified atom stereocenters. The lowest BCUT2D eigenvalue weighted by atomic mass is 10.2. The Labute approximate surface area is 131 Å². The Hall–Kier alpha value is -0.660.